The van der Waals surface area contributed by atoms with Crippen molar-refractivity contribution in [3.05, 3.63) is 74.5 Å². The third-order valence-corrected chi connectivity index (χ3v) is 3.21. The summed E-state index contributed by atoms with van der Waals surface area (Å²) in [4.78, 5) is 21.7. The molecule has 0 saturated carbocycles. The number of anilines is 1. The second-order valence-corrected chi connectivity index (χ2v) is 5.21. The number of hydrogen-bond acceptors (Lipinski definition) is 3. The molecule has 0 aliphatic rings. The molecule has 7 heteroatoms. The number of nitro groups is 1. The van der Waals surface area contributed by atoms with Crippen LogP contribution in [0.5, 0.6) is 0 Å². The van der Waals surface area contributed by atoms with Crippen molar-refractivity contribution in [1.29, 1.82) is 0 Å². The van der Waals surface area contributed by atoms with Gasteiger partial charge in [0.15, 0.2) is 0 Å². The lowest BCUT2D eigenvalue weighted by atomic mass is 10.2. The van der Waals surface area contributed by atoms with Gasteiger partial charge in [0.05, 0.1) is 4.92 Å². The molecular formula is C15H10BrFN2O3. The predicted octanol–water partition coefficient (Wildman–Crippen LogP) is 4.15. The standard InChI is InChI=1S/C15H10BrFN2O3/c16-11-2-7-14(17)10(9-11)1-8-15(20)18-12-3-5-13(6-4-12)19(21)22/h1-9H,(H,18,20)/b8-1+. The van der Waals surface area contributed by atoms with Crippen molar-refractivity contribution in [2.75, 3.05) is 5.32 Å². The minimum atomic E-state index is -0.526. The molecule has 2 aromatic rings. The smallest absolute Gasteiger partial charge is 0.269 e. The number of hydrogen-bond donors (Lipinski definition) is 1. The average Bonchev–Trinajstić information content (AvgIpc) is 2.49. The number of nitrogens with zero attached hydrogens (tertiary/aromatic N) is 1. The zero-order valence-electron chi connectivity index (χ0n) is 11.1. The van der Waals surface area contributed by atoms with E-state index in [1.54, 1.807) is 12.1 Å². The number of non-ortho nitro benzene ring substituents is 1. The van der Waals surface area contributed by atoms with Crippen molar-refractivity contribution in [3.8, 4) is 0 Å². The number of halogens is 2. The lowest BCUT2D eigenvalue weighted by Gasteiger charge is -2.02. The molecule has 0 bridgehead atoms. The van der Waals surface area contributed by atoms with Gasteiger partial charge in [0.25, 0.3) is 5.69 Å². The topological polar surface area (TPSA) is 72.2 Å². The monoisotopic (exact) mass is 364 g/mol. The first kappa shape index (κ1) is 15.8. The number of carbonyl (C=O) groups excluding carboxylic acids is 1. The van der Waals surface area contributed by atoms with Gasteiger partial charge in [-0.25, -0.2) is 4.39 Å². The van der Waals surface area contributed by atoms with Crippen molar-refractivity contribution in [2.24, 2.45) is 0 Å². The van der Waals surface area contributed by atoms with E-state index in [0.717, 1.165) is 0 Å². The highest BCUT2D eigenvalue weighted by Gasteiger charge is 2.05. The van der Waals surface area contributed by atoms with Crippen LogP contribution in [0.4, 0.5) is 15.8 Å². The minimum absolute atomic E-state index is 0.0650. The third-order valence-electron chi connectivity index (χ3n) is 2.72. The maximum atomic E-state index is 13.5. The maximum absolute atomic E-state index is 13.5. The van der Waals surface area contributed by atoms with Crippen LogP contribution in [0.25, 0.3) is 6.08 Å². The molecule has 1 amide bonds. The third kappa shape index (κ3) is 4.23. The molecule has 2 rings (SSSR count). The van der Waals surface area contributed by atoms with Crippen LogP contribution in [-0.4, -0.2) is 10.8 Å². The van der Waals surface area contributed by atoms with Crippen LogP contribution in [0.3, 0.4) is 0 Å². The van der Waals surface area contributed by atoms with E-state index in [4.69, 9.17) is 0 Å². The van der Waals surface area contributed by atoms with Crippen molar-refractivity contribution in [1.82, 2.24) is 0 Å². The number of amides is 1. The summed E-state index contributed by atoms with van der Waals surface area (Å²) in [5.41, 5.74) is 0.618. The molecule has 0 saturated heterocycles. The first-order chi connectivity index (χ1) is 10.5. The van der Waals surface area contributed by atoms with Gasteiger partial charge >= 0.3 is 0 Å². The second kappa shape index (κ2) is 6.95. The van der Waals surface area contributed by atoms with Crippen LogP contribution in [0.2, 0.25) is 0 Å². The Morgan fingerprint density at radius 3 is 2.55 bits per heavy atom. The molecule has 0 aromatic heterocycles. The molecule has 0 unspecified atom stereocenters. The number of rotatable bonds is 4. The first-order valence-electron chi connectivity index (χ1n) is 6.14. The number of carbonyl (C=O) groups is 1. The Morgan fingerprint density at radius 2 is 1.91 bits per heavy atom. The fourth-order valence-electron chi connectivity index (χ4n) is 1.66. The van der Waals surface area contributed by atoms with Gasteiger partial charge in [-0.15, -0.1) is 0 Å². The molecular weight excluding hydrogens is 355 g/mol. The van der Waals surface area contributed by atoms with Crippen molar-refractivity contribution < 1.29 is 14.1 Å². The van der Waals surface area contributed by atoms with Gasteiger partial charge in [0.1, 0.15) is 5.82 Å². The number of benzene rings is 2. The Hall–Kier alpha value is -2.54. The Balaban J connectivity index is 2.04. The van der Waals surface area contributed by atoms with Gasteiger partial charge < -0.3 is 5.32 Å². The van der Waals surface area contributed by atoms with Crippen LogP contribution in [-0.2, 0) is 4.79 Å². The molecule has 5 nitrogen and oxygen atoms in total. The van der Waals surface area contributed by atoms with Gasteiger partial charge in [0, 0.05) is 33.9 Å². The summed E-state index contributed by atoms with van der Waals surface area (Å²) in [7, 11) is 0. The Bertz CT molecular complexity index is 745. The number of nitrogens with one attached hydrogen (secondary N) is 1. The van der Waals surface area contributed by atoms with E-state index in [1.165, 1.54) is 42.5 Å². The molecule has 112 valence electrons. The molecule has 0 radical (unpaired) electrons. The van der Waals surface area contributed by atoms with E-state index in [9.17, 15) is 19.3 Å². The fraction of sp³-hybridized carbons (Fsp3) is 0. The molecule has 0 fully saturated rings. The van der Waals surface area contributed by atoms with Gasteiger partial charge in [-0.1, -0.05) is 15.9 Å². The first-order valence-corrected chi connectivity index (χ1v) is 6.93. The van der Waals surface area contributed by atoms with Crippen LogP contribution in [0.1, 0.15) is 5.56 Å². The van der Waals surface area contributed by atoms with Gasteiger partial charge in [-0.3, -0.25) is 14.9 Å². The van der Waals surface area contributed by atoms with Gasteiger partial charge in [0.2, 0.25) is 5.91 Å². The van der Waals surface area contributed by atoms with E-state index < -0.39 is 16.6 Å². The average molecular weight is 365 g/mol. The molecule has 0 heterocycles. The zero-order chi connectivity index (χ0) is 16.1. The SMILES string of the molecule is O=C(/C=C/c1cc(Br)ccc1F)Nc1ccc([N+](=O)[O-])cc1. The largest absolute Gasteiger partial charge is 0.323 e. The summed E-state index contributed by atoms with van der Waals surface area (Å²) in [5.74, 6) is -0.907. The summed E-state index contributed by atoms with van der Waals surface area (Å²) in [6.45, 7) is 0. The second-order valence-electron chi connectivity index (χ2n) is 4.29. The Labute approximate surface area is 133 Å². The van der Waals surface area contributed by atoms with Gasteiger partial charge in [-0.2, -0.15) is 0 Å². The number of nitro benzene ring substituents is 1. The lowest BCUT2D eigenvalue weighted by molar-refractivity contribution is -0.384. The van der Waals surface area contributed by atoms with Crippen molar-refractivity contribution in [2.45, 2.75) is 0 Å². The van der Waals surface area contributed by atoms with E-state index in [1.807, 2.05) is 0 Å². The van der Waals surface area contributed by atoms with Gasteiger partial charge in [-0.05, 0) is 36.4 Å². The van der Waals surface area contributed by atoms with Crippen molar-refractivity contribution in [3.63, 3.8) is 0 Å². The highest BCUT2D eigenvalue weighted by atomic mass is 79.9. The molecule has 0 aliphatic heterocycles. The Morgan fingerprint density at radius 1 is 1.23 bits per heavy atom. The summed E-state index contributed by atoms with van der Waals surface area (Å²) >= 11 is 3.22. The summed E-state index contributed by atoms with van der Waals surface area (Å²) in [6, 6.07) is 9.81. The molecule has 1 N–H and O–H groups in total. The van der Waals surface area contributed by atoms with Crippen LogP contribution in [0, 0.1) is 15.9 Å². The van der Waals surface area contributed by atoms with Crippen LogP contribution in [0.15, 0.2) is 53.0 Å². The summed E-state index contributed by atoms with van der Waals surface area (Å²) in [6.07, 6.45) is 2.53. The predicted molar refractivity (Wildman–Crippen MR) is 84.9 cm³/mol. The van der Waals surface area contributed by atoms with E-state index >= 15 is 0 Å². The fourth-order valence-corrected chi connectivity index (χ4v) is 2.04. The van der Waals surface area contributed by atoms with E-state index in [0.29, 0.717) is 10.2 Å². The molecule has 22 heavy (non-hydrogen) atoms. The maximum Gasteiger partial charge on any atom is 0.269 e. The highest BCUT2D eigenvalue weighted by Crippen LogP contribution is 2.17. The summed E-state index contributed by atoms with van der Waals surface area (Å²) < 4.78 is 14.2. The minimum Gasteiger partial charge on any atom is -0.323 e. The van der Waals surface area contributed by atoms with E-state index in [-0.39, 0.29) is 11.3 Å². The molecule has 0 spiro atoms. The van der Waals surface area contributed by atoms with E-state index in [2.05, 4.69) is 21.2 Å². The van der Waals surface area contributed by atoms with Crippen LogP contribution < -0.4 is 5.32 Å². The molecule has 0 aliphatic carbocycles. The molecule has 0 atom stereocenters. The highest BCUT2D eigenvalue weighted by molar-refractivity contribution is 9.10. The van der Waals surface area contributed by atoms with Crippen molar-refractivity contribution >= 4 is 39.3 Å². The Kier molecular flexibility index (Phi) is 5.00. The normalized spacial score (nSPS) is 10.6. The van der Waals surface area contributed by atoms with Crippen LogP contribution >= 0.6 is 15.9 Å². The zero-order valence-corrected chi connectivity index (χ0v) is 12.7. The summed E-state index contributed by atoms with van der Waals surface area (Å²) in [5, 5.41) is 13.1. The molecule has 2 aromatic carbocycles. The lowest BCUT2D eigenvalue weighted by Crippen LogP contribution is -2.07. The quantitative estimate of drug-likeness (QED) is 0.503.